The second kappa shape index (κ2) is 8.59. The van der Waals surface area contributed by atoms with Crippen LogP contribution in [0.1, 0.15) is 18.5 Å². The van der Waals surface area contributed by atoms with Crippen LogP contribution in [0.2, 0.25) is 0 Å². The van der Waals surface area contributed by atoms with Crippen LogP contribution in [0.4, 0.5) is 0 Å². The summed E-state index contributed by atoms with van der Waals surface area (Å²) in [5, 5.41) is 11.6. The van der Waals surface area contributed by atoms with Gasteiger partial charge < -0.3 is 15.9 Å². The lowest BCUT2D eigenvalue weighted by Crippen LogP contribution is -2.28. The first-order valence-corrected chi connectivity index (χ1v) is 9.39. The Morgan fingerprint density at radius 1 is 1.19 bits per heavy atom. The van der Waals surface area contributed by atoms with Crippen LogP contribution in [0.3, 0.4) is 0 Å². The van der Waals surface area contributed by atoms with Gasteiger partial charge in [0.2, 0.25) is 11.1 Å². The molecule has 3 aromatic rings. The molecule has 1 amide bonds. The molecule has 1 atom stereocenters. The fourth-order valence-electron chi connectivity index (χ4n) is 2.55. The SMILES string of the molecule is COc1ccc(-c2nnc(SCC(=O)N[C@@H](C)c3ccccc3)n2N)cc1. The van der Waals surface area contributed by atoms with E-state index in [1.165, 1.54) is 16.4 Å². The number of nitrogens with two attached hydrogens (primary N) is 1. The van der Waals surface area contributed by atoms with Crippen LogP contribution < -0.4 is 15.9 Å². The average Bonchev–Trinajstić information content (AvgIpc) is 3.07. The van der Waals surface area contributed by atoms with Crippen molar-refractivity contribution in [1.29, 1.82) is 0 Å². The molecule has 0 fully saturated rings. The number of nitrogens with zero attached hydrogens (tertiary/aromatic N) is 3. The topological polar surface area (TPSA) is 95.1 Å². The summed E-state index contributed by atoms with van der Waals surface area (Å²) < 4.78 is 6.54. The van der Waals surface area contributed by atoms with Gasteiger partial charge in [-0.3, -0.25) is 4.79 Å². The summed E-state index contributed by atoms with van der Waals surface area (Å²) in [6.07, 6.45) is 0. The highest BCUT2D eigenvalue weighted by Gasteiger charge is 2.15. The molecular weight excluding hydrogens is 362 g/mol. The largest absolute Gasteiger partial charge is 0.497 e. The number of nitrogen functional groups attached to an aromatic ring is 1. The number of hydrogen-bond acceptors (Lipinski definition) is 6. The summed E-state index contributed by atoms with van der Waals surface area (Å²) in [7, 11) is 1.61. The van der Waals surface area contributed by atoms with Gasteiger partial charge in [0.1, 0.15) is 5.75 Å². The Hall–Kier alpha value is -3.00. The van der Waals surface area contributed by atoms with Crippen molar-refractivity contribution in [1.82, 2.24) is 20.2 Å². The molecule has 1 aromatic heterocycles. The zero-order valence-corrected chi connectivity index (χ0v) is 15.9. The van der Waals surface area contributed by atoms with E-state index in [1.54, 1.807) is 7.11 Å². The standard InChI is InChI=1S/C19H21N5O2S/c1-13(14-6-4-3-5-7-14)21-17(25)12-27-19-23-22-18(24(19)20)15-8-10-16(26-2)11-9-15/h3-11,13H,12,20H2,1-2H3,(H,21,25)/t13-/m0/s1. The Kier molecular flexibility index (Phi) is 5.97. The van der Waals surface area contributed by atoms with E-state index in [-0.39, 0.29) is 17.7 Å². The number of methoxy groups -OCH3 is 1. The van der Waals surface area contributed by atoms with Crippen LogP contribution in [-0.2, 0) is 4.79 Å². The third-order valence-electron chi connectivity index (χ3n) is 4.02. The van der Waals surface area contributed by atoms with E-state index >= 15 is 0 Å². The van der Waals surface area contributed by atoms with Crippen LogP contribution in [0.5, 0.6) is 5.75 Å². The van der Waals surface area contributed by atoms with Crippen molar-refractivity contribution in [3.63, 3.8) is 0 Å². The number of benzene rings is 2. The molecule has 27 heavy (non-hydrogen) atoms. The molecule has 0 aliphatic rings. The molecular formula is C19H21N5O2S. The first-order chi connectivity index (χ1) is 13.1. The normalized spacial score (nSPS) is 11.8. The van der Waals surface area contributed by atoms with Crippen LogP contribution in [0, 0.1) is 0 Å². The van der Waals surface area contributed by atoms with E-state index in [9.17, 15) is 4.79 Å². The lowest BCUT2D eigenvalue weighted by molar-refractivity contribution is -0.119. The summed E-state index contributed by atoms with van der Waals surface area (Å²) >= 11 is 1.24. The summed E-state index contributed by atoms with van der Waals surface area (Å²) in [6.45, 7) is 1.95. The number of aromatic nitrogens is 3. The number of rotatable bonds is 7. The molecule has 1 heterocycles. The highest BCUT2D eigenvalue weighted by Crippen LogP contribution is 2.23. The van der Waals surface area contributed by atoms with E-state index in [2.05, 4.69) is 15.5 Å². The summed E-state index contributed by atoms with van der Waals surface area (Å²) in [5.74, 6) is 7.48. The van der Waals surface area contributed by atoms with E-state index in [4.69, 9.17) is 10.6 Å². The van der Waals surface area contributed by atoms with Crippen molar-refractivity contribution >= 4 is 17.7 Å². The van der Waals surface area contributed by atoms with E-state index < -0.39 is 0 Å². The molecule has 0 bridgehead atoms. The Labute approximate surface area is 161 Å². The van der Waals surface area contributed by atoms with Crippen molar-refractivity contribution in [2.45, 2.75) is 18.1 Å². The van der Waals surface area contributed by atoms with Crippen LogP contribution in [-0.4, -0.2) is 33.6 Å². The molecule has 0 spiro atoms. The first kappa shape index (κ1) is 18.8. The molecule has 0 aliphatic heterocycles. The quantitative estimate of drug-likeness (QED) is 0.481. The second-order valence-electron chi connectivity index (χ2n) is 5.89. The Balaban J connectivity index is 1.59. The zero-order valence-electron chi connectivity index (χ0n) is 15.1. The molecule has 0 saturated carbocycles. The number of carbonyl (C=O) groups is 1. The molecule has 0 radical (unpaired) electrons. The molecule has 2 aromatic carbocycles. The number of amides is 1. The van der Waals surface area contributed by atoms with Gasteiger partial charge in [0.05, 0.1) is 18.9 Å². The molecule has 0 aliphatic carbocycles. The number of nitrogens with one attached hydrogen (secondary N) is 1. The molecule has 3 rings (SSSR count). The van der Waals surface area contributed by atoms with E-state index in [1.807, 2.05) is 61.5 Å². The van der Waals surface area contributed by atoms with Crippen molar-refractivity contribution in [2.75, 3.05) is 18.7 Å². The van der Waals surface area contributed by atoms with Gasteiger partial charge >= 0.3 is 0 Å². The minimum Gasteiger partial charge on any atom is -0.497 e. The van der Waals surface area contributed by atoms with Gasteiger partial charge in [-0.2, -0.15) is 0 Å². The van der Waals surface area contributed by atoms with Gasteiger partial charge in [0.15, 0.2) is 5.82 Å². The molecule has 0 saturated heterocycles. The fourth-order valence-corrected chi connectivity index (χ4v) is 3.22. The van der Waals surface area contributed by atoms with Crippen molar-refractivity contribution < 1.29 is 9.53 Å². The Morgan fingerprint density at radius 2 is 1.89 bits per heavy atom. The number of ether oxygens (including phenoxy) is 1. The summed E-state index contributed by atoms with van der Waals surface area (Å²) in [5.41, 5.74) is 1.87. The molecule has 8 heteroatoms. The van der Waals surface area contributed by atoms with Crippen LogP contribution >= 0.6 is 11.8 Å². The second-order valence-corrected chi connectivity index (χ2v) is 6.84. The first-order valence-electron chi connectivity index (χ1n) is 8.40. The minimum atomic E-state index is -0.0923. The third-order valence-corrected chi connectivity index (χ3v) is 4.97. The minimum absolute atomic E-state index is 0.0649. The smallest absolute Gasteiger partial charge is 0.230 e. The predicted molar refractivity (Wildman–Crippen MR) is 106 cm³/mol. The number of carbonyl (C=O) groups excluding carboxylic acids is 1. The molecule has 3 N–H and O–H groups in total. The Morgan fingerprint density at radius 3 is 2.56 bits per heavy atom. The zero-order chi connectivity index (χ0) is 19.2. The lowest BCUT2D eigenvalue weighted by Gasteiger charge is -2.13. The number of thioether (sulfide) groups is 1. The van der Waals surface area contributed by atoms with E-state index in [0.29, 0.717) is 11.0 Å². The summed E-state index contributed by atoms with van der Waals surface area (Å²) in [6, 6.07) is 17.1. The van der Waals surface area contributed by atoms with E-state index in [0.717, 1.165) is 16.9 Å². The van der Waals surface area contributed by atoms with Crippen LogP contribution in [0.25, 0.3) is 11.4 Å². The summed E-state index contributed by atoms with van der Waals surface area (Å²) in [4.78, 5) is 12.2. The highest BCUT2D eigenvalue weighted by molar-refractivity contribution is 7.99. The third kappa shape index (κ3) is 4.59. The monoisotopic (exact) mass is 383 g/mol. The molecule has 7 nitrogen and oxygen atoms in total. The predicted octanol–water partition coefficient (Wildman–Crippen LogP) is 2.64. The molecule has 0 unspecified atom stereocenters. The average molecular weight is 383 g/mol. The van der Waals surface area contributed by atoms with Crippen molar-refractivity contribution in [3.8, 4) is 17.1 Å². The van der Waals surface area contributed by atoms with Crippen LogP contribution in [0.15, 0.2) is 59.8 Å². The maximum Gasteiger partial charge on any atom is 0.230 e. The van der Waals surface area contributed by atoms with Gasteiger partial charge in [0, 0.05) is 5.56 Å². The van der Waals surface area contributed by atoms with Gasteiger partial charge in [0.25, 0.3) is 0 Å². The van der Waals surface area contributed by atoms with Gasteiger partial charge in [-0.25, -0.2) is 4.68 Å². The van der Waals surface area contributed by atoms with Crippen molar-refractivity contribution in [2.24, 2.45) is 0 Å². The fraction of sp³-hybridized carbons (Fsp3) is 0.211. The highest BCUT2D eigenvalue weighted by atomic mass is 32.2. The van der Waals surface area contributed by atoms with Crippen molar-refractivity contribution in [3.05, 3.63) is 60.2 Å². The van der Waals surface area contributed by atoms with Gasteiger partial charge in [-0.1, -0.05) is 42.1 Å². The van der Waals surface area contributed by atoms with Gasteiger partial charge in [-0.15, -0.1) is 10.2 Å². The lowest BCUT2D eigenvalue weighted by atomic mass is 10.1. The Bertz CT molecular complexity index is 896. The number of hydrogen-bond donors (Lipinski definition) is 2. The maximum absolute atomic E-state index is 12.2. The maximum atomic E-state index is 12.2. The molecule has 140 valence electrons. The van der Waals surface area contributed by atoms with Gasteiger partial charge in [-0.05, 0) is 36.8 Å².